The number of rotatable bonds is 6. The Morgan fingerprint density at radius 3 is 2.52 bits per heavy atom. The van der Waals surface area contributed by atoms with Crippen LogP contribution in [0, 0.1) is 0 Å². The summed E-state index contributed by atoms with van der Waals surface area (Å²) in [7, 11) is -3.67. The highest BCUT2D eigenvalue weighted by Gasteiger charge is 2.23. The molecule has 0 fully saturated rings. The average Bonchev–Trinajstić information content (AvgIpc) is 2.65. The van der Waals surface area contributed by atoms with Gasteiger partial charge in [0.1, 0.15) is 19.8 Å². The Labute approximate surface area is 158 Å². The summed E-state index contributed by atoms with van der Waals surface area (Å²) in [6, 6.07) is 12.3. The van der Waals surface area contributed by atoms with Crippen molar-refractivity contribution in [1.82, 2.24) is 0 Å². The Hall–Kier alpha value is -2.74. The summed E-state index contributed by atoms with van der Waals surface area (Å²) in [5.74, 6) is 0.597. The SMILES string of the molecule is CCc1ccccc1NC(=O)CN(c1ccc2c(c1)OCCO2)S(C)(=O)=O. The highest BCUT2D eigenvalue weighted by Crippen LogP contribution is 2.34. The first-order valence-electron chi connectivity index (χ1n) is 8.63. The maximum atomic E-state index is 12.5. The van der Waals surface area contributed by atoms with E-state index in [2.05, 4.69) is 5.32 Å². The molecule has 2 aromatic rings. The van der Waals surface area contributed by atoms with Gasteiger partial charge in [0, 0.05) is 11.8 Å². The largest absolute Gasteiger partial charge is 0.486 e. The summed E-state index contributed by atoms with van der Waals surface area (Å²) in [4.78, 5) is 12.5. The molecule has 0 aliphatic carbocycles. The lowest BCUT2D eigenvalue weighted by Gasteiger charge is -2.25. The van der Waals surface area contributed by atoms with Crippen LogP contribution in [0.25, 0.3) is 0 Å². The molecule has 1 aliphatic heterocycles. The molecule has 0 saturated heterocycles. The summed E-state index contributed by atoms with van der Waals surface area (Å²) in [5, 5.41) is 2.80. The van der Waals surface area contributed by atoms with Gasteiger partial charge in [0.25, 0.3) is 0 Å². The van der Waals surface area contributed by atoms with Crippen molar-refractivity contribution in [2.45, 2.75) is 13.3 Å². The van der Waals surface area contributed by atoms with Crippen molar-refractivity contribution in [3.63, 3.8) is 0 Å². The van der Waals surface area contributed by atoms with Gasteiger partial charge in [-0.1, -0.05) is 25.1 Å². The Morgan fingerprint density at radius 2 is 1.81 bits per heavy atom. The quantitative estimate of drug-likeness (QED) is 0.819. The van der Waals surface area contributed by atoms with Crippen LogP contribution in [0.15, 0.2) is 42.5 Å². The lowest BCUT2D eigenvalue weighted by Crippen LogP contribution is -2.37. The number of aryl methyl sites for hydroxylation is 1. The molecule has 0 aromatic heterocycles. The highest BCUT2D eigenvalue weighted by atomic mass is 32.2. The minimum atomic E-state index is -3.67. The van der Waals surface area contributed by atoms with Gasteiger partial charge in [0.2, 0.25) is 15.9 Å². The van der Waals surface area contributed by atoms with Crippen LogP contribution >= 0.6 is 0 Å². The van der Waals surface area contributed by atoms with E-state index in [0.29, 0.717) is 36.1 Å². The van der Waals surface area contributed by atoms with Crippen molar-refractivity contribution in [2.24, 2.45) is 0 Å². The molecule has 3 rings (SSSR count). The molecule has 1 amide bonds. The van der Waals surface area contributed by atoms with Crippen molar-refractivity contribution in [3.8, 4) is 11.5 Å². The van der Waals surface area contributed by atoms with E-state index in [-0.39, 0.29) is 6.54 Å². The number of fused-ring (bicyclic) bond motifs is 1. The van der Waals surface area contributed by atoms with E-state index in [0.717, 1.165) is 22.5 Å². The van der Waals surface area contributed by atoms with Gasteiger partial charge in [-0.05, 0) is 30.2 Å². The van der Waals surface area contributed by atoms with Crippen LogP contribution in [0.5, 0.6) is 11.5 Å². The predicted octanol–water partition coefficient (Wildman–Crippen LogP) is 2.42. The van der Waals surface area contributed by atoms with Crippen molar-refractivity contribution in [3.05, 3.63) is 48.0 Å². The van der Waals surface area contributed by atoms with E-state index in [1.54, 1.807) is 24.3 Å². The molecule has 0 spiro atoms. The van der Waals surface area contributed by atoms with E-state index in [1.165, 1.54) is 0 Å². The van der Waals surface area contributed by atoms with Crippen molar-refractivity contribution < 1.29 is 22.7 Å². The number of sulfonamides is 1. The van der Waals surface area contributed by atoms with E-state index in [9.17, 15) is 13.2 Å². The number of hydrogen-bond acceptors (Lipinski definition) is 5. The smallest absolute Gasteiger partial charge is 0.245 e. The standard InChI is InChI=1S/C19H22N2O5S/c1-3-14-6-4-5-7-16(14)20-19(22)13-21(27(2,23)24)15-8-9-17-18(12-15)26-11-10-25-17/h4-9,12H,3,10-11,13H2,1-2H3,(H,20,22). The number of hydrogen-bond donors (Lipinski definition) is 1. The maximum absolute atomic E-state index is 12.5. The zero-order valence-electron chi connectivity index (χ0n) is 15.3. The maximum Gasteiger partial charge on any atom is 0.245 e. The van der Waals surface area contributed by atoms with E-state index in [4.69, 9.17) is 9.47 Å². The van der Waals surface area contributed by atoms with Crippen molar-refractivity contribution in [1.29, 1.82) is 0 Å². The van der Waals surface area contributed by atoms with Gasteiger partial charge in [-0.2, -0.15) is 0 Å². The number of nitrogens with zero attached hydrogens (tertiary/aromatic N) is 1. The molecule has 1 heterocycles. The van der Waals surface area contributed by atoms with Crippen molar-refractivity contribution in [2.75, 3.05) is 35.6 Å². The molecule has 0 radical (unpaired) electrons. The second-order valence-electron chi connectivity index (χ2n) is 6.16. The summed E-state index contributed by atoms with van der Waals surface area (Å²) in [6.07, 6.45) is 1.82. The molecule has 0 bridgehead atoms. The number of para-hydroxylation sites is 1. The van der Waals surface area contributed by atoms with E-state index < -0.39 is 15.9 Å². The third-order valence-corrected chi connectivity index (χ3v) is 5.31. The second-order valence-corrected chi connectivity index (χ2v) is 8.06. The Kier molecular flexibility index (Phi) is 5.55. The summed E-state index contributed by atoms with van der Waals surface area (Å²) in [5.41, 5.74) is 2.01. The number of amides is 1. The molecular weight excluding hydrogens is 368 g/mol. The Balaban J connectivity index is 1.83. The van der Waals surface area contributed by atoms with Gasteiger partial charge in [-0.3, -0.25) is 9.10 Å². The topological polar surface area (TPSA) is 84.9 Å². The first-order valence-corrected chi connectivity index (χ1v) is 10.5. The third kappa shape index (κ3) is 4.51. The van der Waals surface area contributed by atoms with Crippen LogP contribution in [0.3, 0.4) is 0 Å². The predicted molar refractivity (Wildman–Crippen MR) is 104 cm³/mol. The van der Waals surface area contributed by atoms with Crippen LogP contribution in [0.2, 0.25) is 0 Å². The number of nitrogens with one attached hydrogen (secondary N) is 1. The number of benzene rings is 2. The van der Waals surface area contributed by atoms with E-state index in [1.807, 2.05) is 25.1 Å². The lowest BCUT2D eigenvalue weighted by atomic mass is 10.1. The molecule has 0 unspecified atom stereocenters. The molecule has 2 aromatic carbocycles. The molecule has 144 valence electrons. The third-order valence-electron chi connectivity index (χ3n) is 4.17. The molecule has 7 nitrogen and oxygen atoms in total. The van der Waals surface area contributed by atoms with Gasteiger partial charge in [-0.15, -0.1) is 0 Å². The molecule has 27 heavy (non-hydrogen) atoms. The molecule has 1 aliphatic rings. The van der Waals surface area contributed by atoms with Gasteiger partial charge in [0.05, 0.1) is 11.9 Å². The van der Waals surface area contributed by atoms with Crippen LogP contribution in [0.1, 0.15) is 12.5 Å². The van der Waals surface area contributed by atoms with Gasteiger partial charge >= 0.3 is 0 Å². The minimum absolute atomic E-state index is 0.337. The number of carbonyl (C=O) groups excluding carboxylic acids is 1. The first kappa shape index (κ1) is 19.0. The summed E-state index contributed by atoms with van der Waals surface area (Å²) >= 11 is 0. The molecule has 1 N–H and O–H groups in total. The summed E-state index contributed by atoms with van der Waals surface area (Å²) in [6.45, 7) is 2.49. The van der Waals surface area contributed by atoms with Crippen LogP contribution < -0.4 is 19.1 Å². The molecule has 0 saturated carbocycles. The van der Waals surface area contributed by atoms with Crippen LogP contribution in [-0.2, 0) is 21.2 Å². The normalized spacial score (nSPS) is 13.1. The minimum Gasteiger partial charge on any atom is -0.486 e. The van der Waals surface area contributed by atoms with E-state index >= 15 is 0 Å². The number of ether oxygens (including phenoxy) is 2. The molecule has 0 atom stereocenters. The zero-order valence-corrected chi connectivity index (χ0v) is 16.1. The lowest BCUT2D eigenvalue weighted by molar-refractivity contribution is -0.114. The van der Waals surface area contributed by atoms with Gasteiger partial charge < -0.3 is 14.8 Å². The van der Waals surface area contributed by atoms with Crippen LogP contribution in [-0.4, -0.2) is 40.3 Å². The molecule has 8 heteroatoms. The Morgan fingerprint density at radius 1 is 1.11 bits per heavy atom. The van der Waals surface area contributed by atoms with Gasteiger partial charge in [-0.25, -0.2) is 8.42 Å². The number of anilines is 2. The molecular formula is C19H22N2O5S. The fraction of sp³-hybridized carbons (Fsp3) is 0.316. The van der Waals surface area contributed by atoms with Gasteiger partial charge in [0.15, 0.2) is 11.5 Å². The number of carbonyl (C=O) groups is 1. The fourth-order valence-corrected chi connectivity index (χ4v) is 3.71. The van der Waals surface area contributed by atoms with Crippen molar-refractivity contribution >= 4 is 27.3 Å². The Bertz CT molecular complexity index is 943. The highest BCUT2D eigenvalue weighted by molar-refractivity contribution is 7.92. The first-order chi connectivity index (χ1) is 12.9. The second kappa shape index (κ2) is 7.87. The van der Waals surface area contributed by atoms with Crippen LogP contribution in [0.4, 0.5) is 11.4 Å². The monoisotopic (exact) mass is 390 g/mol. The fourth-order valence-electron chi connectivity index (χ4n) is 2.86. The summed E-state index contributed by atoms with van der Waals surface area (Å²) < 4.78 is 36.6. The zero-order chi connectivity index (χ0) is 19.4. The average molecular weight is 390 g/mol.